The van der Waals surface area contributed by atoms with Crippen molar-refractivity contribution in [3.8, 4) is 11.5 Å². The van der Waals surface area contributed by atoms with Crippen LogP contribution in [0.5, 0.6) is 11.5 Å². The van der Waals surface area contributed by atoms with Crippen LogP contribution in [0.2, 0.25) is 0 Å². The topological polar surface area (TPSA) is 104 Å². The molecule has 3 aliphatic rings. The zero-order valence-corrected chi connectivity index (χ0v) is 20.9. The Kier molecular flexibility index (Phi) is 5.53. The van der Waals surface area contributed by atoms with Gasteiger partial charge in [-0.15, -0.1) is 23.2 Å². The van der Waals surface area contributed by atoms with E-state index < -0.39 is 50.8 Å². The zero-order chi connectivity index (χ0) is 24.7. The van der Waals surface area contributed by atoms with E-state index in [1.165, 1.54) is 12.1 Å². The fourth-order valence-electron chi connectivity index (χ4n) is 5.85. The van der Waals surface area contributed by atoms with Crippen molar-refractivity contribution in [3.05, 3.63) is 34.9 Å². The second-order valence-electron chi connectivity index (χ2n) is 11.0. The standard InChI is InChI=1S/C25H30Cl2O6/c1-22(2)16(24(5,32)7-6-17(22)26)11-25-14(10-18(27)23(3,4)33-25)20(30)19-13(21(25)31)8-12(28)9-15(19)29/h8-10,16-18,28-29,32H,6-7,11H2,1-5H3/t16-,17-,18-,24-,25+/m0/s1. The molecular weight excluding hydrogens is 467 g/mol. The SMILES string of the molecule is CC1(C)O[C@@]2(C[C@H]3C(C)(C)[C@@H](Cl)CC[C@]3(C)O)C(=O)c3cc(O)cc(O)c3C(=O)C2=C[C@@H]1Cl. The van der Waals surface area contributed by atoms with Crippen LogP contribution in [-0.2, 0) is 4.74 Å². The number of phenols is 2. The normalized spacial score (nSPS) is 37.2. The van der Waals surface area contributed by atoms with E-state index in [9.17, 15) is 24.9 Å². The summed E-state index contributed by atoms with van der Waals surface area (Å²) in [4.78, 5) is 27.7. The van der Waals surface area contributed by atoms with Crippen LogP contribution in [-0.4, -0.2) is 54.4 Å². The molecule has 0 amide bonds. The Morgan fingerprint density at radius 3 is 2.36 bits per heavy atom. The third-order valence-electron chi connectivity index (χ3n) is 7.89. The highest BCUT2D eigenvalue weighted by molar-refractivity contribution is 6.30. The van der Waals surface area contributed by atoms with Crippen LogP contribution in [0, 0.1) is 11.3 Å². The zero-order valence-electron chi connectivity index (χ0n) is 19.4. The Hall–Kier alpha value is -1.60. The van der Waals surface area contributed by atoms with Crippen molar-refractivity contribution < 1.29 is 29.6 Å². The molecule has 0 aromatic heterocycles. The summed E-state index contributed by atoms with van der Waals surface area (Å²) in [5, 5.41) is 30.9. The summed E-state index contributed by atoms with van der Waals surface area (Å²) in [7, 11) is 0. The van der Waals surface area contributed by atoms with E-state index in [4.69, 9.17) is 27.9 Å². The van der Waals surface area contributed by atoms with Gasteiger partial charge in [-0.05, 0) is 57.4 Å². The molecule has 5 atom stereocenters. The lowest BCUT2D eigenvalue weighted by molar-refractivity contribution is -0.152. The van der Waals surface area contributed by atoms with Crippen molar-refractivity contribution in [1.82, 2.24) is 0 Å². The fraction of sp³-hybridized carbons (Fsp3) is 0.600. The van der Waals surface area contributed by atoms with Gasteiger partial charge in [-0.3, -0.25) is 9.59 Å². The number of phenolic OH excluding ortho intramolecular Hbond substituents is 2. The van der Waals surface area contributed by atoms with Crippen LogP contribution in [0.4, 0.5) is 0 Å². The number of hydrogen-bond acceptors (Lipinski definition) is 6. The maximum atomic E-state index is 14.1. The molecule has 0 spiro atoms. The lowest BCUT2D eigenvalue weighted by Crippen LogP contribution is -2.63. The van der Waals surface area contributed by atoms with Crippen LogP contribution in [0.25, 0.3) is 0 Å². The molecule has 0 bridgehead atoms. The van der Waals surface area contributed by atoms with Gasteiger partial charge in [0.05, 0.1) is 22.1 Å². The van der Waals surface area contributed by atoms with Gasteiger partial charge in [0.1, 0.15) is 11.5 Å². The van der Waals surface area contributed by atoms with Crippen LogP contribution < -0.4 is 0 Å². The van der Waals surface area contributed by atoms with Crippen LogP contribution in [0.15, 0.2) is 23.8 Å². The van der Waals surface area contributed by atoms with Gasteiger partial charge in [0, 0.05) is 22.6 Å². The molecule has 0 unspecified atom stereocenters. The number of aromatic hydroxyl groups is 2. The Bertz CT molecular complexity index is 1070. The number of alkyl halides is 2. The number of ether oxygens (including phenoxy) is 1. The van der Waals surface area contributed by atoms with Gasteiger partial charge in [0.2, 0.25) is 0 Å². The number of carbonyl (C=O) groups excluding carboxylic acids is 2. The van der Waals surface area contributed by atoms with E-state index in [1.807, 2.05) is 13.8 Å². The monoisotopic (exact) mass is 496 g/mol. The number of Topliss-reactive ketones (excluding diaryl/α,β-unsaturated/α-hetero) is 2. The van der Waals surface area contributed by atoms with Gasteiger partial charge < -0.3 is 20.1 Å². The van der Waals surface area contributed by atoms with Crippen molar-refractivity contribution in [3.63, 3.8) is 0 Å². The molecule has 1 saturated carbocycles. The highest BCUT2D eigenvalue weighted by atomic mass is 35.5. The van der Waals surface area contributed by atoms with Gasteiger partial charge in [0.25, 0.3) is 0 Å². The van der Waals surface area contributed by atoms with Gasteiger partial charge in [-0.25, -0.2) is 0 Å². The smallest absolute Gasteiger partial charge is 0.200 e. The molecule has 1 fully saturated rings. The number of aliphatic hydroxyl groups is 1. The summed E-state index contributed by atoms with van der Waals surface area (Å²) < 4.78 is 6.43. The average molecular weight is 497 g/mol. The average Bonchev–Trinajstić information content (AvgIpc) is 2.68. The minimum absolute atomic E-state index is 0.00444. The molecule has 1 heterocycles. The Morgan fingerprint density at radius 2 is 1.73 bits per heavy atom. The summed E-state index contributed by atoms with van der Waals surface area (Å²) in [5.41, 5.74) is -4.76. The van der Waals surface area contributed by atoms with E-state index in [0.717, 1.165) is 6.07 Å². The quantitative estimate of drug-likeness (QED) is 0.510. The van der Waals surface area contributed by atoms with E-state index in [2.05, 4.69) is 0 Å². The van der Waals surface area contributed by atoms with Gasteiger partial charge in [0.15, 0.2) is 17.2 Å². The van der Waals surface area contributed by atoms with Gasteiger partial charge >= 0.3 is 0 Å². The first-order valence-corrected chi connectivity index (χ1v) is 12.0. The summed E-state index contributed by atoms with van der Waals surface area (Å²) in [5.74, 6) is -2.48. The number of halogens is 2. The first-order chi connectivity index (χ1) is 15.0. The number of rotatable bonds is 2. The lowest BCUT2D eigenvalue weighted by Gasteiger charge is -2.55. The summed E-state index contributed by atoms with van der Waals surface area (Å²) in [6.45, 7) is 9.09. The van der Waals surface area contributed by atoms with Crippen molar-refractivity contribution >= 4 is 34.8 Å². The van der Waals surface area contributed by atoms with Crippen molar-refractivity contribution in [2.75, 3.05) is 0 Å². The molecule has 0 radical (unpaired) electrons. The second kappa shape index (κ2) is 7.45. The molecule has 6 nitrogen and oxygen atoms in total. The molecule has 2 aliphatic carbocycles. The van der Waals surface area contributed by atoms with E-state index in [1.54, 1.807) is 20.8 Å². The van der Waals surface area contributed by atoms with Gasteiger partial charge in [-0.2, -0.15) is 0 Å². The molecule has 1 aromatic carbocycles. The maximum Gasteiger partial charge on any atom is 0.200 e. The molecule has 1 aromatic rings. The van der Waals surface area contributed by atoms with E-state index >= 15 is 0 Å². The fourth-order valence-corrected chi connectivity index (χ4v) is 6.28. The third-order valence-corrected chi connectivity index (χ3v) is 9.32. The Balaban J connectivity index is 1.97. The van der Waals surface area contributed by atoms with Gasteiger partial charge in [-0.1, -0.05) is 19.9 Å². The Morgan fingerprint density at radius 1 is 1.09 bits per heavy atom. The number of ketones is 2. The highest BCUT2D eigenvalue weighted by Gasteiger charge is 2.62. The third kappa shape index (κ3) is 3.53. The number of hydrogen-bond donors (Lipinski definition) is 3. The van der Waals surface area contributed by atoms with Crippen LogP contribution >= 0.6 is 23.2 Å². The predicted molar refractivity (Wildman–Crippen MR) is 125 cm³/mol. The van der Waals surface area contributed by atoms with Crippen LogP contribution in [0.1, 0.15) is 74.6 Å². The second-order valence-corrected chi connectivity index (χ2v) is 12.0. The van der Waals surface area contributed by atoms with E-state index in [0.29, 0.717) is 12.8 Å². The Labute approximate surface area is 203 Å². The number of fused-ring (bicyclic) bond motifs is 2. The van der Waals surface area contributed by atoms with E-state index in [-0.39, 0.29) is 34.2 Å². The summed E-state index contributed by atoms with van der Waals surface area (Å²) in [6.07, 6.45) is 2.58. The first kappa shape index (κ1) is 24.5. The first-order valence-electron chi connectivity index (χ1n) is 11.1. The molecule has 180 valence electrons. The van der Waals surface area contributed by atoms with Crippen molar-refractivity contribution in [2.24, 2.45) is 11.3 Å². The summed E-state index contributed by atoms with van der Waals surface area (Å²) >= 11 is 13.2. The molecular formula is C25H30Cl2O6. The number of carbonyl (C=O) groups is 2. The molecule has 8 heteroatoms. The molecule has 0 saturated heterocycles. The number of benzene rings is 1. The maximum absolute atomic E-state index is 14.1. The molecule has 4 rings (SSSR count). The summed E-state index contributed by atoms with van der Waals surface area (Å²) in [6, 6.07) is 2.20. The minimum Gasteiger partial charge on any atom is -0.508 e. The molecule has 33 heavy (non-hydrogen) atoms. The molecule has 3 N–H and O–H groups in total. The minimum atomic E-state index is -1.75. The highest BCUT2D eigenvalue weighted by Crippen LogP contribution is 2.56. The van der Waals surface area contributed by atoms with Crippen molar-refractivity contribution in [1.29, 1.82) is 0 Å². The molecule has 1 aliphatic heterocycles. The predicted octanol–water partition coefficient (Wildman–Crippen LogP) is 4.74. The lowest BCUT2D eigenvalue weighted by atomic mass is 9.56. The van der Waals surface area contributed by atoms with Crippen LogP contribution in [0.3, 0.4) is 0 Å². The van der Waals surface area contributed by atoms with Crippen molar-refractivity contribution in [2.45, 2.75) is 81.4 Å². The largest absolute Gasteiger partial charge is 0.508 e.